The molecule has 0 N–H and O–H groups in total. The van der Waals surface area contributed by atoms with E-state index in [1.165, 1.54) is 48.8 Å². The average molecular weight is 804 g/mol. The molecule has 0 unspecified atom stereocenters. The molecule has 0 aliphatic heterocycles. The van der Waals surface area contributed by atoms with Crippen LogP contribution in [0.25, 0.3) is 110 Å². The van der Waals surface area contributed by atoms with Crippen molar-refractivity contribution < 1.29 is 8.83 Å². The Morgan fingerprint density at radius 3 is 1.59 bits per heavy atom. The highest BCUT2D eigenvalue weighted by Gasteiger charge is 2.19. The van der Waals surface area contributed by atoms with Gasteiger partial charge in [0.1, 0.15) is 22.3 Å². The summed E-state index contributed by atoms with van der Waals surface area (Å²) in [5.41, 5.74) is 13.7. The Hall–Kier alpha value is -8.40. The van der Waals surface area contributed by atoms with Gasteiger partial charge in [-0.05, 0) is 121 Å². The van der Waals surface area contributed by atoms with Crippen molar-refractivity contribution in [2.24, 2.45) is 0 Å². The van der Waals surface area contributed by atoms with Crippen LogP contribution in [0, 0.1) is 0 Å². The van der Waals surface area contributed by atoms with Crippen molar-refractivity contribution in [1.82, 2.24) is 0 Å². The van der Waals surface area contributed by atoms with E-state index in [0.717, 1.165) is 77.8 Å². The van der Waals surface area contributed by atoms with Crippen LogP contribution in [0.2, 0.25) is 0 Å². The molecule has 0 amide bonds. The van der Waals surface area contributed by atoms with E-state index in [1.54, 1.807) is 0 Å². The van der Waals surface area contributed by atoms with Gasteiger partial charge in [-0.3, -0.25) is 0 Å². The summed E-state index contributed by atoms with van der Waals surface area (Å²) < 4.78 is 12.8. The predicted molar refractivity (Wildman–Crippen MR) is 265 cm³/mol. The van der Waals surface area contributed by atoms with Crippen molar-refractivity contribution in [3.05, 3.63) is 224 Å². The smallest absolute Gasteiger partial charge is 0.143 e. The summed E-state index contributed by atoms with van der Waals surface area (Å²) in [6.07, 6.45) is 0. The molecule has 0 saturated carbocycles. The van der Waals surface area contributed by atoms with E-state index in [4.69, 9.17) is 8.83 Å². The van der Waals surface area contributed by atoms with Crippen molar-refractivity contribution in [1.29, 1.82) is 0 Å². The van der Waals surface area contributed by atoms with Crippen LogP contribution in [0.1, 0.15) is 0 Å². The van der Waals surface area contributed by atoms with E-state index in [1.807, 2.05) is 18.2 Å². The Bertz CT molecular complexity index is 3900. The minimum absolute atomic E-state index is 0.901. The van der Waals surface area contributed by atoms with Crippen LogP contribution in [0.5, 0.6) is 0 Å². The summed E-state index contributed by atoms with van der Waals surface area (Å²) in [5.74, 6) is 0. The van der Waals surface area contributed by atoms with E-state index < -0.39 is 0 Å². The Morgan fingerprint density at radius 2 is 0.794 bits per heavy atom. The standard InChI is InChI=1S/C60H37NO2/c1-2-12-38(13-3-1)39-24-29-43(30-25-39)61(44-31-26-40(27-32-44)46-20-11-21-52-49-17-6-8-22-55(49)63-60(46)52)45-15-10-14-41(36-45)42-28-33-48-47-16-4-5-18-50(47)58-51(54(48)37-42)34-35-57-59(58)53-19-7-9-23-56(53)62-57/h1-37H. The lowest BCUT2D eigenvalue weighted by molar-refractivity contribution is 0.669. The van der Waals surface area contributed by atoms with Crippen LogP contribution < -0.4 is 4.90 Å². The monoisotopic (exact) mass is 803 g/mol. The van der Waals surface area contributed by atoms with Gasteiger partial charge >= 0.3 is 0 Å². The number of para-hydroxylation sites is 3. The summed E-state index contributed by atoms with van der Waals surface area (Å²) >= 11 is 0. The Balaban J connectivity index is 0.956. The van der Waals surface area contributed by atoms with E-state index in [2.05, 4.69) is 211 Å². The highest BCUT2D eigenvalue weighted by molar-refractivity contribution is 6.34. The lowest BCUT2D eigenvalue weighted by Crippen LogP contribution is -2.10. The zero-order chi connectivity index (χ0) is 41.4. The van der Waals surface area contributed by atoms with Gasteiger partial charge in [0.25, 0.3) is 0 Å². The third-order valence-corrected chi connectivity index (χ3v) is 12.9. The summed E-state index contributed by atoms with van der Waals surface area (Å²) in [6, 6.07) is 80.5. The molecule has 0 aliphatic carbocycles. The van der Waals surface area contributed by atoms with E-state index in [0.29, 0.717) is 0 Å². The Kier molecular flexibility index (Phi) is 7.91. The molecule has 2 heterocycles. The average Bonchev–Trinajstić information content (AvgIpc) is 3.94. The number of nitrogens with zero attached hydrogens (tertiary/aromatic N) is 1. The highest BCUT2D eigenvalue weighted by atomic mass is 16.3. The maximum Gasteiger partial charge on any atom is 0.143 e. The van der Waals surface area contributed by atoms with Crippen LogP contribution in [0.15, 0.2) is 233 Å². The number of hydrogen-bond acceptors (Lipinski definition) is 3. The van der Waals surface area contributed by atoms with Crippen LogP contribution in [-0.4, -0.2) is 0 Å². The van der Waals surface area contributed by atoms with Crippen LogP contribution in [0.4, 0.5) is 17.1 Å². The molecule has 63 heavy (non-hydrogen) atoms. The zero-order valence-corrected chi connectivity index (χ0v) is 34.1. The molecular weight excluding hydrogens is 767 g/mol. The Labute approximate surface area is 363 Å². The van der Waals surface area contributed by atoms with Gasteiger partial charge in [0.05, 0.1) is 0 Å². The third-order valence-electron chi connectivity index (χ3n) is 12.9. The van der Waals surface area contributed by atoms with Crippen molar-refractivity contribution >= 4 is 93.3 Å². The molecule has 0 spiro atoms. The van der Waals surface area contributed by atoms with Crippen LogP contribution in [-0.2, 0) is 0 Å². The fraction of sp³-hybridized carbons (Fsp3) is 0. The molecule has 0 radical (unpaired) electrons. The Morgan fingerprint density at radius 1 is 0.254 bits per heavy atom. The quantitative estimate of drug-likeness (QED) is 0.157. The van der Waals surface area contributed by atoms with E-state index >= 15 is 0 Å². The first-order chi connectivity index (χ1) is 31.2. The summed E-state index contributed by atoms with van der Waals surface area (Å²) in [6.45, 7) is 0. The normalized spacial score (nSPS) is 11.8. The number of anilines is 3. The van der Waals surface area contributed by atoms with Crippen LogP contribution in [0.3, 0.4) is 0 Å². The molecule has 13 rings (SSSR count). The fourth-order valence-corrected chi connectivity index (χ4v) is 9.91. The molecule has 294 valence electrons. The first-order valence-electron chi connectivity index (χ1n) is 21.5. The van der Waals surface area contributed by atoms with Crippen molar-refractivity contribution in [2.75, 3.05) is 4.90 Å². The molecule has 0 aliphatic rings. The van der Waals surface area contributed by atoms with Gasteiger partial charge in [0.2, 0.25) is 0 Å². The molecule has 0 saturated heterocycles. The molecule has 0 atom stereocenters. The third kappa shape index (κ3) is 5.67. The minimum atomic E-state index is 0.901. The molecule has 11 aromatic carbocycles. The SMILES string of the molecule is c1ccc(-c2ccc(N(c3ccc(-c4cccc5c4oc4ccccc45)cc3)c3cccc(-c4ccc5c6ccccc6c6c(ccc7oc8ccccc8c76)c5c4)c3)cc2)cc1. The number of benzene rings is 11. The topological polar surface area (TPSA) is 29.5 Å². The van der Waals surface area contributed by atoms with Gasteiger partial charge in [-0.2, -0.15) is 0 Å². The number of fused-ring (bicyclic) bond motifs is 13. The van der Waals surface area contributed by atoms with Crippen molar-refractivity contribution in [3.8, 4) is 33.4 Å². The van der Waals surface area contributed by atoms with Crippen molar-refractivity contribution in [3.63, 3.8) is 0 Å². The molecular formula is C60H37NO2. The van der Waals surface area contributed by atoms with Crippen molar-refractivity contribution in [2.45, 2.75) is 0 Å². The van der Waals surface area contributed by atoms with E-state index in [-0.39, 0.29) is 0 Å². The molecule has 13 aromatic rings. The first kappa shape index (κ1) is 35.4. The second-order valence-corrected chi connectivity index (χ2v) is 16.4. The zero-order valence-electron chi connectivity index (χ0n) is 34.1. The predicted octanol–water partition coefficient (Wildman–Crippen LogP) is 17.4. The second kappa shape index (κ2) is 14.1. The lowest BCUT2D eigenvalue weighted by Gasteiger charge is -2.26. The first-order valence-corrected chi connectivity index (χ1v) is 21.5. The van der Waals surface area contributed by atoms with Gasteiger partial charge < -0.3 is 13.7 Å². The summed E-state index contributed by atoms with van der Waals surface area (Å²) in [4.78, 5) is 2.36. The summed E-state index contributed by atoms with van der Waals surface area (Å²) in [5, 5.41) is 12.0. The highest BCUT2D eigenvalue weighted by Crippen LogP contribution is 2.45. The molecule has 0 bridgehead atoms. The molecule has 2 aromatic heterocycles. The van der Waals surface area contributed by atoms with Gasteiger partial charge in [-0.25, -0.2) is 0 Å². The van der Waals surface area contributed by atoms with Crippen LogP contribution >= 0.6 is 0 Å². The molecule has 3 heteroatoms. The molecule has 0 fully saturated rings. The van der Waals surface area contributed by atoms with Gasteiger partial charge in [0, 0.05) is 49.6 Å². The maximum absolute atomic E-state index is 6.45. The largest absolute Gasteiger partial charge is 0.456 e. The fourth-order valence-electron chi connectivity index (χ4n) is 9.91. The van der Waals surface area contributed by atoms with Gasteiger partial charge in [0.15, 0.2) is 0 Å². The number of furan rings is 2. The number of rotatable bonds is 6. The minimum Gasteiger partial charge on any atom is -0.456 e. The van der Waals surface area contributed by atoms with E-state index in [9.17, 15) is 0 Å². The number of hydrogen-bond donors (Lipinski definition) is 0. The molecule has 3 nitrogen and oxygen atoms in total. The van der Waals surface area contributed by atoms with Gasteiger partial charge in [-0.15, -0.1) is 0 Å². The summed E-state index contributed by atoms with van der Waals surface area (Å²) in [7, 11) is 0. The van der Waals surface area contributed by atoms with Gasteiger partial charge in [-0.1, -0.05) is 158 Å². The maximum atomic E-state index is 6.45. The lowest BCUT2D eigenvalue weighted by atomic mass is 9.90. The second-order valence-electron chi connectivity index (χ2n) is 16.4.